The molecule has 0 bridgehead atoms. The molecule has 7 nitrogen and oxygen atoms in total. The summed E-state index contributed by atoms with van der Waals surface area (Å²) in [6.07, 6.45) is 0.798. The van der Waals surface area contributed by atoms with E-state index < -0.39 is 43.3 Å². The van der Waals surface area contributed by atoms with Crippen LogP contribution in [0.4, 0.5) is 8.78 Å². The van der Waals surface area contributed by atoms with Crippen molar-refractivity contribution in [2.75, 3.05) is 13.1 Å². The molecule has 0 unspecified atom stereocenters. The van der Waals surface area contributed by atoms with Gasteiger partial charge in [-0.3, -0.25) is 14.3 Å². The van der Waals surface area contributed by atoms with Gasteiger partial charge in [-0.1, -0.05) is 23.7 Å². The number of benzene rings is 1. The Balaban J connectivity index is 1.61. The molecule has 1 N–H and O–H groups in total. The van der Waals surface area contributed by atoms with Gasteiger partial charge in [0.25, 0.3) is 11.8 Å². The molecule has 1 fully saturated rings. The van der Waals surface area contributed by atoms with Crippen molar-refractivity contribution in [2.24, 2.45) is 0 Å². The van der Waals surface area contributed by atoms with Crippen molar-refractivity contribution < 1.29 is 18.4 Å². The van der Waals surface area contributed by atoms with Crippen molar-refractivity contribution in [3.05, 3.63) is 51.2 Å². The molecule has 1 atom stereocenters. The van der Waals surface area contributed by atoms with Crippen LogP contribution in [0, 0.1) is 11.3 Å². The van der Waals surface area contributed by atoms with Crippen molar-refractivity contribution in [2.45, 2.75) is 24.9 Å². The SMILES string of the molecule is N#C[C@@H]1CC(F)(F)CN1C(=O)CNC(=O)c1cn(Cc2ccc(Cl)cc2)nc1Br. The summed E-state index contributed by atoms with van der Waals surface area (Å²) in [5.41, 5.74) is 1.11. The van der Waals surface area contributed by atoms with Gasteiger partial charge < -0.3 is 10.2 Å². The third-order valence-electron chi connectivity index (χ3n) is 4.36. The molecule has 1 saturated heterocycles. The molecular weight excluding hydrogens is 472 g/mol. The van der Waals surface area contributed by atoms with Gasteiger partial charge in [0.15, 0.2) is 0 Å². The first kappa shape index (κ1) is 21.2. The Kier molecular flexibility index (Phi) is 6.19. The van der Waals surface area contributed by atoms with Gasteiger partial charge in [-0.15, -0.1) is 0 Å². The van der Waals surface area contributed by atoms with Crippen LogP contribution in [0.5, 0.6) is 0 Å². The number of hydrogen-bond donors (Lipinski definition) is 1. The summed E-state index contributed by atoms with van der Waals surface area (Å²) >= 11 is 9.05. The van der Waals surface area contributed by atoms with Gasteiger partial charge in [-0.2, -0.15) is 10.4 Å². The minimum absolute atomic E-state index is 0.190. The minimum atomic E-state index is -3.11. The molecule has 0 radical (unpaired) electrons. The molecular formula is C18H15BrClF2N5O2. The Hall–Kier alpha value is -2.51. The lowest BCUT2D eigenvalue weighted by atomic mass is 10.2. The smallest absolute Gasteiger partial charge is 0.268 e. The summed E-state index contributed by atoms with van der Waals surface area (Å²) in [4.78, 5) is 25.3. The van der Waals surface area contributed by atoms with E-state index in [-0.39, 0.29) is 10.2 Å². The van der Waals surface area contributed by atoms with Crippen LogP contribution in [-0.4, -0.2) is 51.5 Å². The van der Waals surface area contributed by atoms with Crippen molar-refractivity contribution in [1.29, 1.82) is 5.26 Å². The number of rotatable bonds is 5. The average molecular weight is 487 g/mol. The minimum Gasteiger partial charge on any atom is -0.343 e. The van der Waals surface area contributed by atoms with Gasteiger partial charge in [-0.05, 0) is 33.6 Å². The van der Waals surface area contributed by atoms with Crippen LogP contribution in [0.15, 0.2) is 35.1 Å². The van der Waals surface area contributed by atoms with Crippen LogP contribution in [0.3, 0.4) is 0 Å². The van der Waals surface area contributed by atoms with Crippen molar-refractivity contribution in [3.8, 4) is 6.07 Å². The summed E-state index contributed by atoms with van der Waals surface area (Å²) in [5, 5.41) is 16.2. The number of carbonyl (C=O) groups is 2. The summed E-state index contributed by atoms with van der Waals surface area (Å²) < 4.78 is 28.7. The maximum atomic E-state index is 13.5. The molecule has 1 aromatic heterocycles. The lowest BCUT2D eigenvalue weighted by Crippen LogP contribution is -2.42. The maximum Gasteiger partial charge on any atom is 0.268 e. The second kappa shape index (κ2) is 8.47. The molecule has 0 spiro atoms. The summed E-state index contributed by atoms with van der Waals surface area (Å²) in [5.74, 6) is -4.44. The number of halogens is 4. The Labute approximate surface area is 178 Å². The van der Waals surface area contributed by atoms with Gasteiger partial charge in [0.05, 0.1) is 31.3 Å². The highest BCUT2D eigenvalue weighted by Crippen LogP contribution is 2.31. The zero-order valence-electron chi connectivity index (χ0n) is 14.9. The Morgan fingerprint density at radius 1 is 1.38 bits per heavy atom. The van der Waals surface area contributed by atoms with Crippen LogP contribution >= 0.6 is 27.5 Å². The first-order valence-electron chi connectivity index (χ1n) is 8.51. The van der Waals surface area contributed by atoms with Crippen molar-refractivity contribution >= 4 is 39.3 Å². The van der Waals surface area contributed by atoms with Crippen LogP contribution in [0.2, 0.25) is 5.02 Å². The number of carbonyl (C=O) groups excluding carboxylic acids is 2. The zero-order valence-corrected chi connectivity index (χ0v) is 17.3. The van der Waals surface area contributed by atoms with E-state index in [1.807, 2.05) is 12.1 Å². The predicted octanol–water partition coefficient (Wildman–Crippen LogP) is 2.84. The third-order valence-corrected chi connectivity index (χ3v) is 5.20. The van der Waals surface area contributed by atoms with E-state index >= 15 is 0 Å². The topological polar surface area (TPSA) is 91.0 Å². The van der Waals surface area contributed by atoms with E-state index in [2.05, 4.69) is 26.3 Å². The second-order valence-electron chi connectivity index (χ2n) is 6.57. The largest absolute Gasteiger partial charge is 0.343 e. The number of aromatic nitrogens is 2. The predicted molar refractivity (Wildman–Crippen MR) is 103 cm³/mol. The number of hydrogen-bond acceptors (Lipinski definition) is 4. The first-order valence-corrected chi connectivity index (χ1v) is 9.68. The molecule has 11 heteroatoms. The molecule has 1 aliphatic heterocycles. The maximum absolute atomic E-state index is 13.5. The van der Waals surface area contributed by atoms with E-state index in [4.69, 9.17) is 16.9 Å². The Morgan fingerprint density at radius 3 is 2.72 bits per heavy atom. The fraction of sp³-hybridized carbons (Fsp3) is 0.333. The second-order valence-corrected chi connectivity index (χ2v) is 7.75. The standard InChI is InChI=1S/C18H15BrClF2N5O2/c19-16-14(9-26(25-16)8-11-1-3-12(20)4-2-11)17(29)24-7-15(28)27-10-18(21,22)5-13(27)6-23/h1-4,9,13H,5,7-8,10H2,(H,24,29)/t13-/m0/s1. The molecule has 2 aromatic rings. The Bertz CT molecular complexity index is 974. The highest BCUT2D eigenvalue weighted by atomic mass is 79.9. The summed E-state index contributed by atoms with van der Waals surface area (Å²) in [6, 6.07) is 7.62. The highest BCUT2D eigenvalue weighted by Gasteiger charge is 2.47. The van der Waals surface area contributed by atoms with Crippen LogP contribution in [0.25, 0.3) is 0 Å². The normalized spacial score (nSPS) is 17.8. The molecule has 1 aliphatic rings. The number of alkyl halides is 2. The molecule has 0 aliphatic carbocycles. The monoisotopic (exact) mass is 485 g/mol. The van der Waals surface area contributed by atoms with Gasteiger partial charge in [0, 0.05) is 17.6 Å². The molecule has 29 heavy (non-hydrogen) atoms. The van der Waals surface area contributed by atoms with Crippen LogP contribution < -0.4 is 5.32 Å². The Morgan fingerprint density at radius 2 is 2.07 bits per heavy atom. The average Bonchev–Trinajstić information content (AvgIpc) is 3.20. The van der Waals surface area contributed by atoms with Crippen LogP contribution in [0.1, 0.15) is 22.3 Å². The number of amides is 2. The van der Waals surface area contributed by atoms with E-state index in [0.717, 1.165) is 10.5 Å². The molecule has 2 amide bonds. The molecule has 1 aromatic carbocycles. The van der Waals surface area contributed by atoms with E-state index in [1.54, 1.807) is 18.2 Å². The summed E-state index contributed by atoms with van der Waals surface area (Å²) in [6.45, 7) is -0.931. The zero-order chi connectivity index (χ0) is 21.2. The summed E-state index contributed by atoms with van der Waals surface area (Å²) in [7, 11) is 0. The quantitative estimate of drug-likeness (QED) is 0.704. The lowest BCUT2D eigenvalue weighted by Gasteiger charge is -2.19. The molecule has 0 saturated carbocycles. The van der Waals surface area contributed by atoms with E-state index in [1.165, 1.54) is 10.9 Å². The molecule has 3 rings (SSSR count). The van der Waals surface area contributed by atoms with E-state index in [9.17, 15) is 18.4 Å². The van der Waals surface area contributed by atoms with Gasteiger partial charge in [0.1, 0.15) is 10.6 Å². The highest BCUT2D eigenvalue weighted by molar-refractivity contribution is 9.10. The number of nitriles is 1. The van der Waals surface area contributed by atoms with Crippen molar-refractivity contribution in [3.63, 3.8) is 0 Å². The van der Waals surface area contributed by atoms with Crippen molar-refractivity contribution in [1.82, 2.24) is 20.0 Å². The number of nitrogens with one attached hydrogen (secondary N) is 1. The van der Waals surface area contributed by atoms with Gasteiger partial charge >= 0.3 is 0 Å². The lowest BCUT2D eigenvalue weighted by molar-refractivity contribution is -0.131. The van der Waals surface area contributed by atoms with Gasteiger partial charge in [0.2, 0.25) is 5.91 Å². The number of nitrogens with zero attached hydrogens (tertiary/aromatic N) is 4. The first-order chi connectivity index (χ1) is 13.7. The fourth-order valence-electron chi connectivity index (χ4n) is 2.95. The van der Waals surface area contributed by atoms with Gasteiger partial charge in [-0.25, -0.2) is 8.78 Å². The number of likely N-dealkylation sites (tertiary alicyclic amines) is 1. The van der Waals surface area contributed by atoms with E-state index in [0.29, 0.717) is 11.6 Å². The van der Waals surface area contributed by atoms with Crippen LogP contribution in [-0.2, 0) is 11.3 Å². The molecule has 2 heterocycles. The fourth-order valence-corrected chi connectivity index (χ4v) is 3.57. The third kappa shape index (κ3) is 5.10. The molecule has 152 valence electrons.